The molecule has 0 aromatic carbocycles. The second kappa shape index (κ2) is 8.55. The van der Waals surface area contributed by atoms with Crippen molar-refractivity contribution < 1.29 is 14.6 Å². The van der Waals surface area contributed by atoms with Crippen LogP contribution in [-0.2, 0) is 9.47 Å². The minimum Gasteiger partial charge on any atom is -0.389 e. The quantitative estimate of drug-likeness (QED) is 0.708. The van der Waals surface area contributed by atoms with Gasteiger partial charge in [0.25, 0.3) is 0 Å². The molecule has 0 radical (unpaired) electrons. The van der Waals surface area contributed by atoms with E-state index < -0.39 is 6.10 Å². The number of aliphatic hydroxyl groups is 1. The lowest BCUT2D eigenvalue weighted by Gasteiger charge is -2.18. The minimum atomic E-state index is -0.522. The number of ether oxygens (including phenoxy) is 2. The maximum atomic E-state index is 9.77. The van der Waals surface area contributed by atoms with Gasteiger partial charge in [0.2, 0.25) is 0 Å². The zero-order valence-electron chi connectivity index (χ0n) is 11.1. The van der Waals surface area contributed by atoms with Gasteiger partial charge in [-0.05, 0) is 13.8 Å². The van der Waals surface area contributed by atoms with Crippen LogP contribution in [0.15, 0.2) is 11.6 Å². The zero-order valence-corrected chi connectivity index (χ0v) is 11.9. The van der Waals surface area contributed by atoms with Gasteiger partial charge in [-0.2, -0.15) is 0 Å². The number of thiazole rings is 1. The molecular formula is C12H22N2O3S. The fraction of sp³-hybridized carbons (Fsp3) is 0.750. The molecule has 0 saturated heterocycles. The molecule has 3 atom stereocenters. The van der Waals surface area contributed by atoms with E-state index in [4.69, 9.17) is 9.47 Å². The normalized spacial score (nSPS) is 16.4. The molecule has 3 unspecified atom stereocenters. The van der Waals surface area contributed by atoms with E-state index in [0.717, 1.165) is 5.01 Å². The fourth-order valence-corrected chi connectivity index (χ4v) is 2.14. The topological polar surface area (TPSA) is 63.6 Å². The molecule has 1 aromatic rings. The standard InChI is InChI=1S/C12H22N2O3S/c1-9(7-16-3)17-8-11(15)6-14-10(2)12-13-4-5-18-12/h4-5,9-11,14-15H,6-8H2,1-3H3. The summed E-state index contributed by atoms with van der Waals surface area (Å²) in [6.07, 6.45) is 1.26. The number of hydrogen-bond donors (Lipinski definition) is 2. The summed E-state index contributed by atoms with van der Waals surface area (Å²) in [4.78, 5) is 4.22. The van der Waals surface area contributed by atoms with Crippen molar-refractivity contribution >= 4 is 11.3 Å². The van der Waals surface area contributed by atoms with E-state index in [1.54, 1.807) is 24.6 Å². The second-order valence-electron chi connectivity index (χ2n) is 4.25. The van der Waals surface area contributed by atoms with Gasteiger partial charge in [0.1, 0.15) is 5.01 Å². The first-order valence-corrected chi connectivity index (χ1v) is 6.92. The lowest BCUT2D eigenvalue weighted by molar-refractivity contribution is -0.0315. The molecule has 2 N–H and O–H groups in total. The molecule has 1 rings (SSSR count). The van der Waals surface area contributed by atoms with Crippen LogP contribution in [0.1, 0.15) is 24.9 Å². The van der Waals surface area contributed by atoms with Crippen molar-refractivity contribution in [3.05, 3.63) is 16.6 Å². The zero-order chi connectivity index (χ0) is 13.4. The summed E-state index contributed by atoms with van der Waals surface area (Å²) >= 11 is 1.60. The Morgan fingerprint density at radius 2 is 2.22 bits per heavy atom. The number of nitrogens with one attached hydrogen (secondary N) is 1. The maximum Gasteiger partial charge on any atom is 0.109 e. The molecule has 0 amide bonds. The van der Waals surface area contributed by atoms with Crippen molar-refractivity contribution in [3.63, 3.8) is 0 Å². The molecule has 6 heteroatoms. The first-order chi connectivity index (χ1) is 8.63. The van der Waals surface area contributed by atoms with Crippen molar-refractivity contribution in [2.45, 2.75) is 32.1 Å². The molecule has 1 aromatic heterocycles. The third-order valence-corrected chi connectivity index (χ3v) is 3.41. The number of nitrogens with zero attached hydrogens (tertiary/aromatic N) is 1. The Balaban J connectivity index is 2.15. The van der Waals surface area contributed by atoms with Gasteiger partial charge < -0.3 is 19.9 Å². The predicted molar refractivity (Wildman–Crippen MR) is 71.8 cm³/mol. The lowest BCUT2D eigenvalue weighted by Crippen LogP contribution is -2.33. The number of rotatable bonds is 9. The highest BCUT2D eigenvalue weighted by atomic mass is 32.1. The van der Waals surface area contributed by atoms with Gasteiger partial charge in [0.15, 0.2) is 0 Å². The predicted octanol–water partition coefficient (Wildman–Crippen LogP) is 1.21. The van der Waals surface area contributed by atoms with Crippen LogP contribution >= 0.6 is 11.3 Å². The summed E-state index contributed by atoms with van der Waals surface area (Å²) in [5.74, 6) is 0. The molecule has 0 fully saturated rings. The van der Waals surface area contributed by atoms with E-state index in [2.05, 4.69) is 10.3 Å². The summed E-state index contributed by atoms with van der Waals surface area (Å²) in [5, 5.41) is 16.0. The highest BCUT2D eigenvalue weighted by Crippen LogP contribution is 2.14. The van der Waals surface area contributed by atoms with Crippen LogP contribution in [0.5, 0.6) is 0 Å². The second-order valence-corrected chi connectivity index (χ2v) is 5.18. The van der Waals surface area contributed by atoms with Crippen molar-refractivity contribution in [2.75, 3.05) is 26.9 Å². The molecule has 0 bridgehead atoms. The molecule has 0 aliphatic rings. The molecule has 5 nitrogen and oxygen atoms in total. The Hall–Kier alpha value is -0.530. The van der Waals surface area contributed by atoms with Crippen LogP contribution in [-0.4, -0.2) is 49.2 Å². The summed E-state index contributed by atoms with van der Waals surface area (Å²) in [5.41, 5.74) is 0. The van der Waals surface area contributed by atoms with Gasteiger partial charge in [0, 0.05) is 25.2 Å². The maximum absolute atomic E-state index is 9.77. The summed E-state index contributed by atoms with van der Waals surface area (Å²) in [6, 6.07) is 0.149. The van der Waals surface area contributed by atoms with Gasteiger partial charge in [-0.15, -0.1) is 11.3 Å². The van der Waals surface area contributed by atoms with E-state index in [1.807, 2.05) is 19.2 Å². The fourth-order valence-electron chi connectivity index (χ4n) is 1.47. The van der Waals surface area contributed by atoms with Gasteiger partial charge >= 0.3 is 0 Å². The first kappa shape index (κ1) is 15.5. The van der Waals surface area contributed by atoms with Gasteiger partial charge in [-0.3, -0.25) is 0 Å². The Morgan fingerprint density at radius 3 is 2.83 bits per heavy atom. The van der Waals surface area contributed by atoms with E-state index in [9.17, 15) is 5.11 Å². The highest BCUT2D eigenvalue weighted by molar-refractivity contribution is 7.09. The van der Waals surface area contributed by atoms with Gasteiger partial charge in [-0.25, -0.2) is 4.98 Å². The Morgan fingerprint density at radius 1 is 1.44 bits per heavy atom. The van der Waals surface area contributed by atoms with Crippen molar-refractivity contribution in [3.8, 4) is 0 Å². The van der Waals surface area contributed by atoms with Crippen LogP contribution in [0.2, 0.25) is 0 Å². The monoisotopic (exact) mass is 274 g/mol. The van der Waals surface area contributed by atoms with Crippen molar-refractivity contribution in [1.29, 1.82) is 0 Å². The van der Waals surface area contributed by atoms with E-state index in [1.165, 1.54) is 0 Å². The molecule has 18 heavy (non-hydrogen) atoms. The molecule has 0 aliphatic heterocycles. The van der Waals surface area contributed by atoms with E-state index in [0.29, 0.717) is 19.8 Å². The largest absolute Gasteiger partial charge is 0.389 e. The van der Waals surface area contributed by atoms with Crippen molar-refractivity contribution in [1.82, 2.24) is 10.3 Å². The summed E-state index contributed by atoms with van der Waals surface area (Å²) in [6.45, 7) is 5.28. The number of aliphatic hydroxyl groups excluding tert-OH is 1. The van der Waals surface area contributed by atoms with Crippen molar-refractivity contribution in [2.24, 2.45) is 0 Å². The minimum absolute atomic E-state index is 0.000959. The molecule has 0 saturated carbocycles. The number of methoxy groups -OCH3 is 1. The third kappa shape index (κ3) is 5.88. The average Bonchev–Trinajstić information content (AvgIpc) is 2.87. The van der Waals surface area contributed by atoms with Crippen LogP contribution < -0.4 is 5.32 Å². The van der Waals surface area contributed by atoms with Gasteiger partial charge in [0.05, 0.1) is 31.5 Å². The highest BCUT2D eigenvalue weighted by Gasteiger charge is 2.11. The van der Waals surface area contributed by atoms with E-state index >= 15 is 0 Å². The summed E-state index contributed by atoms with van der Waals surface area (Å²) < 4.78 is 10.4. The van der Waals surface area contributed by atoms with Gasteiger partial charge in [-0.1, -0.05) is 0 Å². The Bertz CT molecular complexity index is 308. The Kier molecular flexibility index (Phi) is 7.38. The lowest BCUT2D eigenvalue weighted by atomic mass is 10.3. The van der Waals surface area contributed by atoms with Crippen LogP contribution in [0.4, 0.5) is 0 Å². The molecular weight excluding hydrogens is 252 g/mol. The molecule has 104 valence electrons. The molecule has 0 spiro atoms. The molecule has 1 heterocycles. The van der Waals surface area contributed by atoms with Crippen LogP contribution in [0, 0.1) is 0 Å². The van der Waals surface area contributed by atoms with Crippen LogP contribution in [0.3, 0.4) is 0 Å². The molecule has 0 aliphatic carbocycles. The summed E-state index contributed by atoms with van der Waals surface area (Å²) in [7, 11) is 1.63. The smallest absolute Gasteiger partial charge is 0.109 e. The van der Waals surface area contributed by atoms with Crippen LogP contribution in [0.25, 0.3) is 0 Å². The SMILES string of the molecule is COCC(C)OCC(O)CNC(C)c1nccs1. The first-order valence-electron chi connectivity index (χ1n) is 6.04. The number of hydrogen-bond acceptors (Lipinski definition) is 6. The third-order valence-electron chi connectivity index (χ3n) is 2.46. The number of aromatic nitrogens is 1. The Labute approximate surface area is 112 Å². The average molecular weight is 274 g/mol. The van der Waals surface area contributed by atoms with E-state index in [-0.39, 0.29) is 12.1 Å².